The summed E-state index contributed by atoms with van der Waals surface area (Å²) in [5, 5.41) is 0. The number of methoxy groups -OCH3 is 1. The Hall–Kier alpha value is -0.830. The van der Waals surface area contributed by atoms with E-state index in [-0.39, 0.29) is 12.1 Å². The third-order valence-electron chi connectivity index (χ3n) is 5.80. The fourth-order valence-corrected chi connectivity index (χ4v) is 4.40. The van der Waals surface area contributed by atoms with Crippen LogP contribution in [0.2, 0.25) is 0 Å². The number of carbonyl (C=O) groups excluding carboxylic acids is 1. The molecule has 0 aromatic carbocycles. The molecule has 4 unspecified atom stereocenters. The van der Waals surface area contributed by atoms with E-state index in [1.54, 1.807) is 7.11 Å². The monoisotopic (exact) mass is 277 g/mol. The van der Waals surface area contributed by atoms with Crippen molar-refractivity contribution in [3.8, 4) is 0 Å². The first-order valence-electron chi connectivity index (χ1n) is 8.22. The highest BCUT2D eigenvalue weighted by molar-refractivity contribution is 5.98. The summed E-state index contributed by atoms with van der Waals surface area (Å²) in [6.07, 6.45) is 7.97. The maximum absolute atomic E-state index is 12.8. The Balaban J connectivity index is 1.88. The minimum atomic E-state index is -0.0736. The molecule has 0 bridgehead atoms. The van der Waals surface area contributed by atoms with Crippen molar-refractivity contribution in [2.24, 2.45) is 11.8 Å². The van der Waals surface area contributed by atoms with Crippen LogP contribution in [-0.4, -0.2) is 30.2 Å². The van der Waals surface area contributed by atoms with Gasteiger partial charge in [0.2, 0.25) is 0 Å². The third kappa shape index (κ3) is 2.11. The third-order valence-corrected chi connectivity index (χ3v) is 5.80. The molecule has 0 N–H and O–H groups in total. The SMILES string of the molecule is COC1C2=C(CCCC2)C(=O)N1C1CCCC(C)C1C. The molecule has 0 radical (unpaired) electrons. The highest BCUT2D eigenvalue weighted by Crippen LogP contribution is 2.42. The number of amides is 1. The Bertz CT molecular complexity index is 429. The van der Waals surface area contributed by atoms with E-state index in [2.05, 4.69) is 18.7 Å². The summed E-state index contributed by atoms with van der Waals surface area (Å²) in [6, 6.07) is 0.363. The molecule has 1 aliphatic heterocycles. The number of carbonyl (C=O) groups is 1. The van der Waals surface area contributed by atoms with Gasteiger partial charge in [0.05, 0.1) is 0 Å². The molecule has 2 aliphatic carbocycles. The number of hydrogen-bond donors (Lipinski definition) is 0. The zero-order valence-electron chi connectivity index (χ0n) is 13.0. The normalized spacial score (nSPS) is 38.4. The molecule has 0 aromatic rings. The molecule has 0 spiro atoms. The van der Waals surface area contributed by atoms with E-state index < -0.39 is 0 Å². The lowest BCUT2D eigenvalue weighted by Gasteiger charge is -2.42. The minimum absolute atomic E-state index is 0.0736. The van der Waals surface area contributed by atoms with Gasteiger partial charge in [0.15, 0.2) is 6.23 Å². The second-order valence-corrected chi connectivity index (χ2v) is 6.85. The van der Waals surface area contributed by atoms with E-state index in [4.69, 9.17) is 4.74 Å². The quantitative estimate of drug-likeness (QED) is 0.773. The number of hydrogen-bond acceptors (Lipinski definition) is 2. The smallest absolute Gasteiger partial charge is 0.252 e. The van der Waals surface area contributed by atoms with Gasteiger partial charge in [-0.1, -0.05) is 26.7 Å². The Labute approximate surface area is 122 Å². The lowest BCUT2D eigenvalue weighted by Crippen LogP contribution is -2.50. The molecule has 1 saturated carbocycles. The molecule has 1 fully saturated rings. The molecule has 3 aliphatic rings. The Morgan fingerprint density at radius 3 is 2.60 bits per heavy atom. The first-order valence-corrected chi connectivity index (χ1v) is 8.22. The minimum Gasteiger partial charge on any atom is -0.357 e. The van der Waals surface area contributed by atoms with Crippen LogP contribution < -0.4 is 0 Å². The highest BCUT2D eigenvalue weighted by Gasteiger charge is 2.45. The molecule has 4 atom stereocenters. The molecular weight excluding hydrogens is 250 g/mol. The van der Waals surface area contributed by atoms with Gasteiger partial charge in [0.25, 0.3) is 5.91 Å². The molecular formula is C17H27NO2. The molecule has 0 saturated heterocycles. The van der Waals surface area contributed by atoms with Crippen molar-refractivity contribution in [2.45, 2.75) is 71.1 Å². The molecule has 0 aromatic heterocycles. The Morgan fingerprint density at radius 2 is 1.85 bits per heavy atom. The average Bonchev–Trinajstić information content (AvgIpc) is 2.75. The van der Waals surface area contributed by atoms with Crippen LogP contribution >= 0.6 is 0 Å². The van der Waals surface area contributed by atoms with Crippen LogP contribution in [-0.2, 0) is 9.53 Å². The van der Waals surface area contributed by atoms with Crippen LogP contribution in [0.1, 0.15) is 58.8 Å². The molecule has 20 heavy (non-hydrogen) atoms. The summed E-state index contributed by atoms with van der Waals surface area (Å²) in [4.78, 5) is 14.9. The lowest BCUT2D eigenvalue weighted by atomic mass is 9.77. The summed E-state index contributed by atoms with van der Waals surface area (Å²) in [5.74, 6) is 1.56. The number of rotatable bonds is 2. The van der Waals surface area contributed by atoms with Gasteiger partial charge in [-0.2, -0.15) is 0 Å². The van der Waals surface area contributed by atoms with E-state index >= 15 is 0 Å². The van der Waals surface area contributed by atoms with Crippen LogP contribution in [0.5, 0.6) is 0 Å². The van der Waals surface area contributed by atoms with Crippen molar-refractivity contribution >= 4 is 5.91 Å². The fraction of sp³-hybridized carbons (Fsp3) is 0.824. The zero-order valence-corrected chi connectivity index (χ0v) is 13.0. The summed E-state index contributed by atoms with van der Waals surface area (Å²) in [5.41, 5.74) is 2.36. The zero-order chi connectivity index (χ0) is 14.3. The van der Waals surface area contributed by atoms with Crippen LogP contribution in [0.4, 0.5) is 0 Å². The van der Waals surface area contributed by atoms with Crippen molar-refractivity contribution < 1.29 is 9.53 Å². The van der Waals surface area contributed by atoms with Crippen LogP contribution in [0.25, 0.3) is 0 Å². The van der Waals surface area contributed by atoms with Gasteiger partial charge in [0.1, 0.15) is 0 Å². The molecule has 3 rings (SSSR count). The maximum atomic E-state index is 12.8. The number of ether oxygens (including phenoxy) is 1. The van der Waals surface area contributed by atoms with Crippen LogP contribution in [0.3, 0.4) is 0 Å². The molecule has 3 heteroatoms. The van der Waals surface area contributed by atoms with Crippen molar-refractivity contribution in [1.29, 1.82) is 0 Å². The van der Waals surface area contributed by atoms with Gasteiger partial charge in [0, 0.05) is 18.7 Å². The van der Waals surface area contributed by atoms with E-state index in [1.807, 2.05) is 0 Å². The first kappa shape index (κ1) is 14.1. The Morgan fingerprint density at radius 1 is 1.10 bits per heavy atom. The molecule has 3 nitrogen and oxygen atoms in total. The van der Waals surface area contributed by atoms with Crippen molar-refractivity contribution in [1.82, 2.24) is 4.90 Å². The van der Waals surface area contributed by atoms with Crippen molar-refractivity contribution in [3.05, 3.63) is 11.1 Å². The standard InChI is InChI=1S/C17H27NO2/c1-11-7-6-10-15(12(11)2)18-16(19)13-8-4-5-9-14(13)17(18)20-3/h11-12,15,17H,4-10H2,1-3H3. The highest BCUT2D eigenvalue weighted by atomic mass is 16.5. The molecule has 1 amide bonds. The van der Waals surface area contributed by atoms with E-state index in [9.17, 15) is 4.79 Å². The van der Waals surface area contributed by atoms with Gasteiger partial charge in [-0.15, -0.1) is 0 Å². The molecule has 1 heterocycles. The van der Waals surface area contributed by atoms with E-state index in [1.165, 1.54) is 24.8 Å². The second kappa shape index (κ2) is 5.51. The van der Waals surface area contributed by atoms with Crippen molar-refractivity contribution in [2.75, 3.05) is 7.11 Å². The fourth-order valence-electron chi connectivity index (χ4n) is 4.40. The number of nitrogens with zero attached hydrogens (tertiary/aromatic N) is 1. The van der Waals surface area contributed by atoms with E-state index in [0.717, 1.165) is 31.3 Å². The van der Waals surface area contributed by atoms with Crippen molar-refractivity contribution in [3.63, 3.8) is 0 Å². The summed E-state index contributed by atoms with van der Waals surface area (Å²) >= 11 is 0. The lowest BCUT2D eigenvalue weighted by molar-refractivity contribution is -0.141. The largest absolute Gasteiger partial charge is 0.357 e. The van der Waals surface area contributed by atoms with E-state index in [0.29, 0.717) is 17.9 Å². The summed E-state index contributed by atoms with van der Waals surface area (Å²) < 4.78 is 5.75. The van der Waals surface area contributed by atoms with Gasteiger partial charge >= 0.3 is 0 Å². The van der Waals surface area contributed by atoms with Gasteiger partial charge in [-0.05, 0) is 49.5 Å². The predicted octanol–water partition coefficient (Wildman–Crippen LogP) is 3.50. The molecule has 112 valence electrons. The van der Waals surface area contributed by atoms with Crippen LogP contribution in [0, 0.1) is 11.8 Å². The first-order chi connectivity index (χ1) is 9.65. The topological polar surface area (TPSA) is 29.5 Å². The predicted molar refractivity (Wildman–Crippen MR) is 79.1 cm³/mol. The Kier molecular flexibility index (Phi) is 3.89. The second-order valence-electron chi connectivity index (χ2n) is 6.85. The summed E-state index contributed by atoms with van der Waals surface area (Å²) in [7, 11) is 1.76. The maximum Gasteiger partial charge on any atom is 0.252 e. The van der Waals surface area contributed by atoms with Gasteiger partial charge in [-0.3, -0.25) is 4.79 Å². The summed E-state index contributed by atoms with van der Waals surface area (Å²) in [6.45, 7) is 4.64. The van der Waals surface area contributed by atoms with Crippen LogP contribution in [0.15, 0.2) is 11.1 Å². The van der Waals surface area contributed by atoms with Gasteiger partial charge < -0.3 is 9.64 Å². The van der Waals surface area contributed by atoms with Gasteiger partial charge in [-0.25, -0.2) is 0 Å². The average molecular weight is 277 g/mol.